The van der Waals surface area contributed by atoms with E-state index in [1.165, 1.54) is 22.4 Å². The van der Waals surface area contributed by atoms with Crippen molar-refractivity contribution in [3.05, 3.63) is 59.7 Å². The molecule has 2 fully saturated rings. The lowest BCUT2D eigenvalue weighted by molar-refractivity contribution is -0.167. The van der Waals surface area contributed by atoms with Gasteiger partial charge in [-0.05, 0) is 73.7 Å². The second-order valence-corrected chi connectivity index (χ2v) is 8.82. The standard InChI is InChI=1S/C27H34N2O3/c1-21-19-22(6-12-25(30)20-32-27-5-3-4-18-31-27)7-13-26(21)23-8-10-24(11-9-23)29-16-14-28(2)15-17-29/h6-13,19,27H,3-5,14-18,20H2,1-2H3/b12-6+. The first-order valence-electron chi connectivity index (χ1n) is 11.7. The lowest BCUT2D eigenvalue weighted by Crippen LogP contribution is -2.44. The number of benzene rings is 2. The predicted molar refractivity (Wildman–Crippen MR) is 130 cm³/mol. The number of ether oxygens (including phenoxy) is 2. The molecule has 0 bridgehead atoms. The van der Waals surface area contributed by atoms with Crippen LogP contribution >= 0.6 is 0 Å². The van der Waals surface area contributed by atoms with E-state index < -0.39 is 0 Å². The van der Waals surface area contributed by atoms with Crippen LogP contribution in [0.15, 0.2) is 48.5 Å². The number of hydrogen-bond acceptors (Lipinski definition) is 5. The van der Waals surface area contributed by atoms with E-state index in [0.29, 0.717) is 0 Å². The summed E-state index contributed by atoms with van der Waals surface area (Å²) in [4.78, 5) is 17.0. The number of carbonyl (C=O) groups is 1. The second-order valence-electron chi connectivity index (χ2n) is 8.82. The Kier molecular flexibility index (Phi) is 7.74. The Morgan fingerprint density at radius 1 is 1.09 bits per heavy atom. The predicted octanol–water partition coefficient (Wildman–Crippen LogP) is 4.54. The van der Waals surface area contributed by atoms with Gasteiger partial charge in [0.1, 0.15) is 6.61 Å². The minimum Gasteiger partial charge on any atom is -0.369 e. The summed E-state index contributed by atoms with van der Waals surface area (Å²) in [5.41, 5.74) is 5.93. The molecule has 2 aromatic carbocycles. The molecular weight excluding hydrogens is 400 g/mol. The van der Waals surface area contributed by atoms with E-state index in [1.807, 2.05) is 6.08 Å². The maximum atomic E-state index is 12.1. The first-order valence-corrected chi connectivity index (χ1v) is 11.7. The van der Waals surface area contributed by atoms with Gasteiger partial charge in [0.15, 0.2) is 12.1 Å². The molecule has 0 spiro atoms. The summed E-state index contributed by atoms with van der Waals surface area (Å²) in [7, 11) is 2.18. The zero-order valence-corrected chi connectivity index (χ0v) is 19.3. The molecule has 170 valence electrons. The van der Waals surface area contributed by atoms with Gasteiger partial charge in [0.25, 0.3) is 0 Å². The van der Waals surface area contributed by atoms with Crippen molar-refractivity contribution in [1.82, 2.24) is 4.90 Å². The number of anilines is 1. The molecule has 0 aliphatic carbocycles. The molecule has 1 atom stereocenters. The fraction of sp³-hybridized carbons (Fsp3) is 0.444. The van der Waals surface area contributed by atoms with Gasteiger partial charge in [-0.15, -0.1) is 0 Å². The van der Waals surface area contributed by atoms with E-state index in [9.17, 15) is 4.79 Å². The van der Waals surface area contributed by atoms with Crippen LogP contribution in [0.1, 0.15) is 30.4 Å². The minimum absolute atomic E-state index is 0.0413. The van der Waals surface area contributed by atoms with E-state index in [4.69, 9.17) is 9.47 Å². The third-order valence-corrected chi connectivity index (χ3v) is 6.31. The van der Waals surface area contributed by atoms with Crippen LogP contribution in [0, 0.1) is 6.92 Å². The molecule has 32 heavy (non-hydrogen) atoms. The third-order valence-electron chi connectivity index (χ3n) is 6.31. The number of ketones is 1. The highest BCUT2D eigenvalue weighted by atomic mass is 16.7. The Morgan fingerprint density at radius 2 is 1.88 bits per heavy atom. The van der Waals surface area contributed by atoms with Crippen molar-refractivity contribution in [2.45, 2.75) is 32.5 Å². The number of rotatable bonds is 7. The van der Waals surface area contributed by atoms with E-state index in [-0.39, 0.29) is 18.7 Å². The van der Waals surface area contributed by atoms with Crippen LogP contribution in [-0.2, 0) is 14.3 Å². The molecule has 2 aliphatic heterocycles. The SMILES string of the molecule is Cc1cc(/C=C/C(=O)COC2CCCCO2)ccc1-c1ccc(N2CCN(C)CC2)cc1. The number of nitrogens with zero attached hydrogens (tertiary/aromatic N) is 2. The van der Waals surface area contributed by atoms with Gasteiger partial charge in [-0.2, -0.15) is 0 Å². The number of hydrogen-bond donors (Lipinski definition) is 0. The first kappa shape index (κ1) is 22.7. The average molecular weight is 435 g/mol. The van der Waals surface area contributed by atoms with Gasteiger partial charge in [-0.25, -0.2) is 0 Å². The molecule has 2 aliphatic rings. The lowest BCUT2D eigenvalue weighted by atomic mass is 9.98. The molecule has 2 aromatic rings. The van der Waals surface area contributed by atoms with Crippen LogP contribution in [0.2, 0.25) is 0 Å². The molecule has 5 heteroatoms. The maximum Gasteiger partial charge on any atom is 0.181 e. The normalized spacial score (nSPS) is 20.1. The van der Waals surface area contributed by atoms with Crippen molar-refractivity contribution in [2.75, 3.05) is 51.3 Å². The lowest BCUT2D eigenvalue weighted by Gasteiger charge is -2.34. The molecule has 0 N–H and O–H groups in total. The van der Waals surface area contributed by atoms with E-state index in [1.54, 1.807) is 6.08 Å². The number of likely N-dealkylation sites (N-methyl/N-ethyl adjacent to an activating group) is 1. The highest BCUT2D eigenvalue weighted by Gasteiger charge is 2.15. The second kappa shape index (κ2) is 10.9. The van der Waals surface area contributed by atoms with Crippen LogP contribution in [-0.4, -0.2) is 63.4 Å². The van der Waals surface area contributed by atoms with Crippen molar-refractivity contribution in [3.8, 4) is 11.1 Å². The van der Waals surface area contributed by atoms with Crippen LogP contribution in [0.3, 0.4) is 0 Å². The highest BCUT2D eigenvalue weighted by Crippen LogP contribution is 2.27. The fourth-order valence-corrected chi connectivity index (χ4v) is 4.29. The zero-order valence-electron chi connectivity index (χ0n) is 19.3. The molecule has 0 amide bonds. The zero-order chi connectivity index (χ0) is 22.3. The molecule has 2 heterocycles. The molecule has 0 saturated carbocycles. The summed E-state index contributed by atoms with van der Waals surface area (Å²) in [5, 5.41) is 0. The van der Waals surface area contributed by atoms with E-state index >= 15 is 0 Å². The molecule has 4 rings (SSSR count). The van der Waals surface area contributed by atoms with Crippen molar-refractivity contribution in [1.29, 1.82) is 0 Å². The molecule has 0 aromatic heterocycles. The summed E-state index contributed by atoms with van der Waals surface area (Å²) in [5.74, 6) is -0.0413. The van der Waals surface area contributed by atoms with Gasteiger partial charge >= 0.3 is 0 Å². The Bertz CT molecular complexity index is 924. The van der Waals surface area contributed by atoms with Crippen LogP contribution in [0.4, 0.5) is 5.69 Å². The van der Waals surface area contributed by atoms with Gasteiger partial charge in [0.2, 0.25) is 0 Å². The van der Waals surface area contributed by atoms with Crippen molar-refractivity contribution < 1.29 is 14.3 Å². The Hall–Kier alpha value is -2.47. The first-order chi connectivity index (χ1) is 15.6. The van der Waals surface area contributed by atoms with Crippen LogP contribution in [0.25, 0.3) is 17.2 Å². The van der Waals surface area contributed by atoms with Crippen LogP contribution in [0.5, 0.6) is 0 Å². The van der Waals surface area contributed by atoms with Crippen LogP contribution < -0.4 is 4.90 Å². The van der Waals surface area contributed by atoms with Crippen molar-refractivity contribution in [2.24, 2.45) is 0 Å². The summed E-state index contributed by atoms with van der Waals surface area (Å²) < 4.78 is 11.1. The fourth-order valence-electron chi connectivity index (χ4n) is 4.29. The maximum absolute atomic E-state index is 12.1. The topological polar surface area (TPSA) is 42.0 Å². The minimum atomic E-state index is -0.231. The Balaban J connectivity index is 1.34. The number of aryl methyl sites for hydroxylation is 1. The summed E-state index contributed by atoms with van der Waals surface area (Å²) in [6.07, 6.45) is 6.27. The smallest absolute Gasteiger partial charge is 0.181 e. The molecule has 0 radical (unpaired) electrons. The number of piperazine rings is 1. The average Bonchev–Trinajstić information content (AvgIpc) is 2.83. The molecular formula is C27H34N2O3. The molecule has 1 unspecified atom stereocenters. The van der Waals surface area contributed by atoms with E-state index in [0.717, 1.165) is 57.6 Å². The van der Waals surface area contributed by atoms with Crippen molar-refractivity contribution >= 4 is 17.5 Å². The van der Waals surface area contributed by atoms with Gasteiger partial charge in [0, 0.05) is 38.5 Å². The Morgan fingerprint density at radius 3 is 2.56 bits per heavy atom. The van der Waals surface area contributed by atoms with E-state index in [2.05, 4.69) is 66.2 Å². The molecule has 2 saturated heterocycles. The monoisotopic (exact) mass is 434 g/mol. The van der Waals surface area contributed by atoms with Crippen molar-refractivity contribution in [3.63, 3.8) is 0 Å². The van der Waals surface area contributed by atoms with Gasteiger partial charge < -0.3 is 19.3 Å². The summed E-state index contributed by atoms with van der Waals surface area (Å²) in [6, 6.07) is 15.2. The number of carbonyl (C=O) groups excluding carboxylic acids is 1. The largest absolute Gasteiger partial charge is 0.369 e. The van der Waals surface area contributed by atoms with Gasteiger partial charge in [-0.1, -0.05) is 36.4 Å². The summed E-state index contributed by atoms with van der Waals surface area (Å²) in [6.45, 7) is 7.28. The van der Waals surface area contributed by atoms with Gasteiger partial charge in [0.05, 0.1) is 0 Å². The summed E-state index contributed by atoms with van der Waals surface area (Å²) >= 11 is 0. The highest BCUT2D eigenvalue weighted by molar-refractivity contribution is 5.94. The third kappa shape index (κ3) is 6.06. The Labute approximate surface area is 191 Å². The van der Waals surface area contributed by atoms with Gasteiger partial charge in [-0.3, -0.25) is 4.79 Å². The quantitative estimate of drug-likeness (QED) is 0.599. The molecule has 5 nitrogen and oxygen atoms in total.